The summed E-state index contributed by atoms with van der Waals surface area (Å²) in [5.74, 6) is 0.689. The van der Waals surface area contributed by atoms with Crippen LogP contribution >= 0.6 is 0 Å². The number of hydrogen-bond donors (Lipinski definition) is 0. The van der Waals surface area contributed by atoms with Crippen molar-refractivity contribution in [2.24, 2.45) is 0 Å². The highest BCUT2D eigenvalue weighted by molar-refractivity contribution is 5.74. The fraction of sp³-hybridized carbons (Fsp3) is 0.567. The largest absolute Gasteiger partial charge is 0.490 e. The zero-order valence-corrected chi connectivity index (χ0v) is 21.9. The molecule has 2 rings (SSSR count). The maximum Gasteiger partial charge on any atom is 0.365 e. The molecule has 2 aromatic carbocycles. The van der Waals surface area contributed by atoms with Gasteiger partial charge < -0.3 is 14.0 Å². The second-order valence-electron chi connectivity index (χ2n) is 9.90. The second-order valence-corrected chi connectivity index (χ2v) is 9.90. The summed E-state index contributed by atoms with van der Waals surface area (Å²) in [6.45, 7) is 5.80. The van der Waals surface area contributed by atoms with Gasteiger partial charge in [-0.25, -0.2) is 4.79 Å². The number of hydrogen-bond acceptors (Lipinski definition) is 3. The Bertz CT molecular complexity index is 802. The van der Waals surface area contributed by atoms with Gasteiger partial charge in [0.15, 0.2) is 6.04 Å². The molecule has 0 bridgehead atoms. The molecule has 34 heavy (non-hydrogen) atoms. The number of quaternary nitrogens is 1. The molecular formula is C30H46NO3+. The van der Waals surface area contributed by atoms with E-state index < -0.39 is 0 Å². The first-order valence-electron chi connectivity index (χ1n) is 13.2. The van der Waals surface area contributed by atoms with E-state index >= 15 is 0 Å². The van der Waals surface area contributed by atoms with Crippen molar-refractivity contribution < 1.29 is 18.8 Å². The first-order chi connectivity index (χ1) is 16.5. The van der Waals surface area contributed by atoms with Gasteiger partial charge in [-0.3, -0.25) is 0 Å². The lowest BCUT2D eigenvalue weighted by atomic mass is 10.0. The highest BCUT2D eigenvalue weighted by Gasteiger charge is 2.35. The van der Waals surface area contributed by atoms with E-state index in [2.05, 4.69) is 52.2 Å². The Morgan fingerprint density at radius 2 is 1.47 bits per heavy atom. The fourth-order valence-corrected chi connectivity index (χ4v) is 4.45. The normalized spacial score (nSPS) is 12.4. The zero-order valence-electron chi connectivity index (χ0n) is 21.9. The van der Waals surface area contributed by atoms with Gasteiger partial charge in [0.2, 0.25) is 0 Å². The zero-order chi connectivity index (χ0) is 24.7. The quantitative estimate of drug-likeness (QED) is 0.143. The molecule has 188 valence electrons. The van der Waals surface area contributed by atoms with Crippen molar-refractivity contribution in [3.05, 3.63) is 65.7 Å². The van der Waals surface area contributed by atoms with Crippen LogP contribution in [0.5, 0.6) is 5.75 Å². The molecule has 0 aliphatic rings. The average Bonchev–Trinajstić information content (AvgIpc) is 2.83. The SMILES string of the molecule is CCCCCCCCc1ccc(OCCOC(=O)C(CCC)[N+](C)(C)Cc2ccccc2)cc1. The predicted molar refractivity (Wildman–Crippen MR) is 141 cm³/mol. The van der Waals surface area contributed by atoms with E-state index in [1.807, 2.05) is 30.3 Å². The van der Waals surface area contributed by atoms with Crippen LogP contribution in [0.4, 0.5) is 0 Å². The number of nitrogens with zero attached hydrogens (tertiary/aromatic N) is 1. The Hall–Kier alpha value is -2.33. The number of aryl methyl sites for hydroxylation is 1. The van der Waals surface area contributed by atoms with Crippen LogP contribution < -0.4 is 4.74 Å². The Kier molecular flexibility index (Phi) is 12.8. The van der Waals surface area contributed by atoms with Crippen molar-refractivity contribution in [1.29, 1.82) is 0 Å². The lowest BCUT2D eigenvalue weighted by Gasteiger charge is -2.36. The molecule has 0 radical (unpaired) electrons. The molecule has 0 fully saturated rings. The summed E-state index contributed by atoms with van der Waals surface area (Å²) >= 11 is 0. The summed E-state index contributed by atoms with van der Waals surface area (Å²) in [5.41, 5.74) is 2.58. The second kappa shape index (κ2) is 15.5. The van der Waals surface area contributed by atoms with E-state index in [9.17, 15) is 4.79 Å². The van der Waals surface area contributed by atoms with Crippen molar-refractivity contribution >= 4 is 5.97 Å². The number of unbranched alkanes of at least 4 members (excludes halogenated alkanes) is 5. The molecule has 4 heteroatoms. The van der Waals surface area contributed by atoms with E-state index in [1.165, 1.54) is 49.7 Å². The molecule has 0 heterocycles. The van der Waals surface area contributed by atoms with E-state index in [4.69, 9.17) is 9.47 Å². The Balaban J connectivity index is 1.73. The van der Waals surface area contributed by atoms with Gasteiger partial charge in [-0.1, -0.05) is 88.4 Å². The number of rotatable bonds is 17. The molecule has 1 unspecified atom stereocenters. The molecule has 0 N–H and O–H groups in total. The van der Waals surface area contributed by atoms with Gasteiger partial charge >= 0.3 is 5.97 Å². The number of carbonyl (C=O) groups excluding carboxylic acids is 1. The van der Waals surface area contributed by atoms with Crippen LogP contribution in [-0.2, 0) is 22.5 Å². The topological polar surface area (TPSA) is 35.5 Å². The number of benzene rings is 2. The van der Waals surface area contributed by atoms with Crippen molar-refractivity contribution in [2.75, 3.05) is 27.3 Å². The summed E-state index contributed by atoms with van der Waals surface area (Å²) in [5, 5.41) is 0. The number of ether oxygens (including phenoxy) is 2. The van der Waals surface area contributed by atoms with Gasteiger partial charge in [-0.15, -0.1) is 0 Å². The molecule has 0 spiro atoms. The minimum absolute atomic E-state index is 0.138. The van der Waals surface area contributed by atoms with Crippen LogP contribution in [0.15, 0.2) is 54.6 Å². The minimum Gasteiger partial charge on any atom is -0.490 e. The third-order valence-corrected chi connectivity index (χ3v) is 6.45. The predicted octanol–water partition coefficient (Wildman–Crippen LogP) is 6.96. The molecular weight excluding hydrogens is 422 g/mol. The maximum atomic E-state index is 12.9. The summed E-state index contributed by atoms with van der Waals surface area (Å²) in [7, 11) is 4.22. The monoisotopic (exact) mass is 468 g/mol. The lowest BCUT2D eigenvalue weighted by molar-refractivity contribution is -0.920. The van der Waals surface area contributed by atoms with Gasteiger partial charge in [0.25, 0.3) is 0 Å². The maximum absolute atomic E-state index is 12.9. The Morgan fingerprint density at radius 1 is 0.794 bits per heavy atom. The van der Waals surface area contributed by atoms with Crippen LogP contribution in [0.1, 0.15) is 76.3 Å². The van der Waals surface area contributed by atoms with Gasteiger partial charge in [0.1, 0.15) is 25.5 Å². The van der Waals surface area contributed by atoms with Crippen LogP contribution in [0.2, 0.25) is 0 Å². The first kappa shape index (κ1) is 27.9. The van der Waals surface area contributed by atoms with Gasteiger partial charge in [-0.05, 0) is 37.0 Å². The van der Waals surface area contributed by atoms with Crippen molar-refractivity contribution in [3.8, 4) is 5.75 Å². The highest BCUT2D eigenvalue weighted by atomic mass is 16.6. The smallest absolute Gasteiger partial charge is 0.365 e. The van der Waals surface area contributed by atoms with Gasteiger partial charge in [-0.2, -0.15) is 0 Å². The van der Waals surface area contributed by atoms with Crippen LogP contribution in [0.3, 0.4) is 0 Å². The standard InChI is InChI=1S/C30H46NO3/c1-5-7-8-9-10-12-16-26-19-21-28(22-20-26)33-23-24-34-30(32)29(15-6-2)31(3,4)25-27-17-13-11-14-18-27/h11,13-14,17-22,29H,5-10,12,15-16,23-25H2,1-4H3/q+1. The molecule has 1 atom stereocenters. The molecule has 0 saturated carbocycles. The first-order valence-corrected chi connectivity index (χ1v) is 13.2. The minimum atomic E-state index is -0.188. The van der Waals surface area contributed by atoms with E-state index in [0.29, 0.717) is 11.1 Å². The van der Waals surface area contributed by atoms with E-state index in [1.54, 1.807) is 0 Å². The van der Waals surface area contributed by atoms with E-state index in [-0.39, 0.29) is 18.6 Å². The average molecular weight is 469 g/mol. The molecule has 0 aromatic heterocycles. The summed E-state index contributed by atoms with van der Waals surface area (Å²) in [6.07, 6.45) is 10.8. The Labute approximate surface area is 207 Å². The summed E-state index contributed by atoms with van der Waals surface area (Å²) in [4.78, 5) is 12.9. The highest BCUT2D eigenvalue weighted by Crippen LogP contribution is 2.20. The number of likely N-dealkylation sites (N-methyl/N-ethyl adjacent to an activating group) is 1. The van der Waals surface area contributed by atoms with Crippen LogP contribution in [-0.4, -0.2) is 43.8 Å². The van der Waals surface area contributed by atoms with Crippen molar-refractivity contribution in [3.63, 3.8) is 0 Å². The Morgan fingerprint density at radius 3 is 2.15 bits per heavy atom. The van der Waals surface area contributed by atoms with Crippen LogP contribution in [0, 0.1) is 0 Å². The number of carbonyl (C=O) groups is 1. The molecule has 0 amide bonds. The fourth-order valence-electron chi connectivity index (χ4n) is 4.45. The number of esters is 1. The van der Waals surface area contributed by atoms with Gasteiger partial charge in [0.05, 0.1) is 14.1 Å². The molecule has 2 aromatic rings. The molecule has 0 aliphatic carbocycles. The molecule has 4 nitrogen and oxygen atoms in total. The third kappa shape index (κ3) is 10.3. The van der Waals surface area contributed by atoms with Crippen LogP contribution in [0.25, 0.3) is 0 Å². The molecule has 0 aliphatic heterocycles. The van der Waals surface area contributed by atoms with Gasteiger partial charge in [0, 0.05) is 12.0 Å². The summed E-state index contributed by atoms with van der Waals surface area (Å²) in [6, 6.07) is 18.5. The van der Waals surface area contributed by atoms with E-state index in [0.717, 1.165) is 31.6 Å². The van der Waals surface area contributed by atoms with Crippen molar-refractivity contribution in [1.82, 2.24) is 0 Å². The lowest BCUT2D eigenvalue weighted by Crippen LogP contribution is -2.53. The third-order valence-electron chi connectivity index (χ3n) is 6.45. The van der Waals surface area contributed by atoms with Crippen molar-refractivity contribution in [2.45, 2.75) is 84.2 Å². The molecule has 0 saturated heterocycles. The summed E-state index contributed by atoms with van der Waals surface area (Å²) < 4.78 is 12.0.